The van der Waals surface area contributed by atoms with Crippen molar-refractivity contribution in [2.75, 3.05) is 11.9 Å². The van der Waals surface area contributed by atoms with Gasteiger partial charge < -0.3 is 20.1 Å². The summed E-state index contributed by atoms with van der Waals surface area (Å²) in [6, 6.07) is 7.21. The molecule has 0 aliphatic carbocycles. The van der Waals surface area contributed by atoms with Gasteiger partial charge in [0.1, 0.15) is 11.6 Å². The quantitative estimate of drug-likeness (QED) is 0.739. The number of carbonyl (C=O) groups excluding carboxylic acids is 1. The molecule has 148 valence electrons. The minimum absolute atomic E-state index is 0.323. The zero-order valence-electron chi connectivity index (χ0n) is 16.2. The van der Waals surface area contributed by atoms with Crippen LogP contribution in [0.3, 0.4) is 0 Å². The summed E-state index contributed by atoms with van der Waals surface area (Å²) in [6.45, 7) is 8.41. The van der Waals surface area contributed by atoms with E-state index in [4.69, 9.17) is 16.7 Å². The number of amides is 1. The SMILES string of the molecule is CC1=C(C(=O)Nc2cc(C)on2)[C@@H](c2cccc(F)c2)NC(=S)N1CC(C)C. The van der Waals surface area contributed by atoms with Gasteiger partial charge in [-0.3, -0.25) is 4.79 Å². The van der Waals surface area contributed by atoms with E-state index < -0.39 is 6.04 Å². The van der Waals surface area contributed by atoms with E-state index in [1.54, 1.807) is 25.1 Å². The van der Waals surface area contributed by atoms with Crippen LogP contribution < -0.4 is 10.6 Å². The van der Waals surface area contributed by atoms with Crippen molar-refractivity contribution in [3.63, 3.8) is 0 Å². The highest BCUT2D eigenvalue weighted by Crippen LogP contribution is 2.32. The van der Waals surface area contributed by atoms with Crippen molar-refractivity contribution in [3.8, 4) is 0 Å². The monoisotopic (exact) mass is 402 g/mol. The Hall–Kier alpha value is -2.74. The van der Waals surface area contributed by atoms with Crippen molar-refractivity contribution in [1.82, 2.24) is 15.4 Å². The van der Waals surface area contributed by atoms with E-state index in [0.717, 1.165) is 5.70 Å². The van der Waals surface area contributed by atoms with E-state index >= 15 is 0 Å². The van der Waals surface area contributed by atoms with Gasteiger partial charge in [0.15, 0.2) is 10.9 Å². The third-order valence-corrected chi connectivity index (χ3v) is 4.78. The van der Waals surface area contributed by atoms with E-state index in [1.807, 2.05) is 11.8 Å². The summed E-state index contributed by atoms with van der Waals surface area (Å²) in [5.41, 5.74) is 1.80. The average Bonchev–Trinajstić information content (AvgIpc) is 3.02. The molecule has 28 heavy (non-hydrogen) atoms. The summed E-state index contributed by atoms with van der Waals surface area (Å²) in [5.74, 6) is 0.530. The number of nitrogens with one attached hydrogen (secondary N) is 2. The second-order valence-electron chi connectivity index (χ2n) is 7.22. The van der Waals surface area contributed by atoms with Gasteiger partial charge in [-0.1, -0.05) is 31.1 Å². The number of aromatic nitrogens is 1. The highest BCUT2D eigenvalue weighted by molar-refractivity contribution is 7.80. The van der Waals surface area contributed by atoms with Crippen LogP contribution >= 0.6 is 12.2 Å². The number of benzene rings is 1. The highest BCUT2D eigenvalue weighted by Gasteiger charge is 2.34. The van der Waals surface area contributed by atoms with Crippen molar-refractivity contribution < 1.29 is 13.7 Å². The molecule has 0 saturated carbocycles. The lowest BCUT2D eigenvalue weighted by Crippen LogP contribution is -2.49. The van der Waals surface area contributed by atoms with Gasteiger partial charge in [-0.2, -0.15) is 0 Å². The van der Waals surface area contributed by atoms with E-state index in [0.29, 0.717) is 40.3 Å². The molecule has 1 amide bonds. The number of nitrogens with zero attached hydrogens (tertiary/aromatic N) is 2. The first-order chi connectivity index (χ1) is 13.3. The van der Waals surface area contributed by atoms with Crippen molar-refractivity contribution in [3.05, 3.63) is 58.7 Å². The van der Waals surface area contributed by atoms with Crippen LogP contribution in [0, 0.1) is 18.7 Å². The fourth-order valence-corrected chi connectivity index (χ4v) is 3.53. The standard InChI is InChI=1S/C20H23FN4O2S/c1-11(2)10-25-13(4)17(19(26)22-16-8-12(3)27-24-16)18(23-20(25)28)14-6-5-7-15(21)9-14/h5-9,11,18H,10H2,1-4H3,(H,23,28)(H,22,24,26)/t18-/m1/s1. The number of anilines is 1. The first-order valence-corrected chi connectivity index (χ1v) is 9.46. The molecular formula is C20H23FN4O2S. The molecule has 2 aromatic rings. The molecule has 1 aliphatic rings. The molecular weight excluding hydrogens is 379 g/mol. The van der Waals surface area contributed by atoms with Crippen LogP contribution in [-0.4, -0.2) is 27.6 Å². The molecule has 0 bridgehead atoms. The second kappa shape index (κ2) is 8.10. The molecule has 0 saturated heterocycles. The Morgan fingerprint density at radius 2 is 2.14 bits per heavy atom. The summed E-state index contributed by atoms with van der Waals surface area (Å²) >= 11 is 5.53. The molecule has 0 fully saturated rings. The Balaban J connectivity index is 2.03. The maximum Gasteiger partial charge on any atom is 0.257 e. The predicted molar refractivity (Wildman–Crippen MR) is 109 cm³/mol. The van der Waals surface area contributed by atoms with Gasteiger partial charge >= 0.3 is 0 Å². The smallest absolute Gasteiger partial charge is 0.257 e. The number of rotatable bonds is 5. The van der Waals surface area contributed by atoms with Crippen LogP contribution in [0.5, 0.6) is 0 Å². The molecule has 2 N–H and O–H groups in total. The lowest BCUT2D eigenvalue weighted by atomic mass is 9.94. The maximum absolute atomic E-state index is 13.8. The maximum atomic E-state index is 13.8. The predicted octanol–water partition coefficient (Wildman–Crippen LogP) is 3.92. The minimum atomic E-state index is -0.570. The Morgan fingerprint density at radius 1 is 1.39 bits per heavy atom. The lowest BCUT2D eigenvalue weighted by molar-refractivity contribution is -0.113. The van der Waals surface area contributed by atoms with Gasteiger partial charge in [0.2, 0.25) is 0 Å². The van der Waals surface area contributed by atoms with Crippen molar-refractivity contribution in [1.29, 1.82) is 0 Å². The highest BCUT2D eigenvalue weighted by atomic mass is 32.1. The Labute approximate surface area is 168 Å². The first kappa shape index (κ1) is 20.0. The Bertz CT molecular complexity index is 938. The number of thiocarbonyl (C=S) groups is 1. The molecule has 8 heteroatoms. The Morgan fingerprint density at radius 3 is 2.75 bits per heavy atom. The number of hydrogen-bond acceptors (Lipinski definition) is 4. The number of allylic oxidation sites excluding steroid dienone is 1. The fraction of sp³-hybridized carbons (Fsp3) is 0.350. The van der Waals surface area contributed by atoms with E-state index in [-0.39, 0.29) is 11.7 Å². The molecule has 1 aromatic carbocycles. The Kier molecular flexibility index (Phi) is 5.79. The topological polar surface area (TPSA) is 70.4 Å². The second-order valence-corrected chi connectivity index (χ2v) is 7.60. The van der Waals surface area contributed by atoms with Crippen LogP contribution in [0.15, 0.2) is 46.1 Å². The van der Waals surface area contributed by atoms with Gasteiger partial charge in [-0.25, -0.2) is 4.39 Å². The molecule has 1 aliphatic heterocycles. The molecule has 1 atom stereocenters. The summed E-state index contributed by atoms with van der Waals surface area (Å²) in [5, 5.41) is 10.3. The van der Waals surface area contributed by atoms with Crippen LogP contribution in [0.25, 0.3) is 0 Å². The van der Waals surface area contributed by atoms with E-state index in [2.05, 4.69) is 29.6 Å². The summed E-state index contributed by atoms with van der Waals surface area (Å²) in [6.07, 6.45) is 0. The van der Waals surface area contributed by atoms with Gasteiger partial charge in [-0.05, 0) is 49.7 Å². The van der Waals surface area contributed by atoms with Crippen molar-refractivity contribution in [2.45, 2.75) is 33.7 Å². The fourth-order valence-electron chi connectivity index (χ4n) is 3.21. The molecule has 2 heterocycles. The largest absolute Gasteiger partial charge is 0.360 e. The molecule has 0 unspecified atom stereocenters. The molecule has 0 radical (unpaired) electrons. The van der Waals surface area contributed by atoms with Crippen LogP contribution in [0.1, 0.15) is 38.1 Å². The van der Waals surface area contributed by atoms with Crippen LogP contribution in [0.4, 0.5) is 10.2 Å². The van der Waals surface area contributed by atoms with Gasteiger partial charge in [0.25, 0.3) is 5.91 Å². The summed E-state index contributed by atoms with van der Waals surface area (Å²) in [4.78, 5) is 15.0. The molecule has 1 aromatic heterocycles. The van der Waals surface area contributed by atoms with Gasteiger partial charge in [0, 0.05) is 18.3 Å². The molecule has 3 rings (SSSR count). The first-order valence-electron chi connectivity index (χ1n) is 9.05. The number of aryl methyl sites for hydroxylation is 1. The number of carbonyl (C=O) groups is 1. The zero-order chi connectivity index (χ0) is 20.4. The summed E-state index contributed by atoms with van der Waals surface area (Å²) < 4.78 is 18.9. The third-order valence-electron chi connectivity index (χ3n) is 4.44. The van der Waals surface area contributed by atoms with E-state index in [9.17, 15) is 9.18 Å². The van der Waals surface area contributed by atoms with Crippen LogP contribution in [-0.2, 0) is 4.79 Å². The normalized spacial score (nSPS) is 17.1. The van der Waals surface area contributed by atoms with Crippen molar-refractivity contribution in [2.24, 2.45) is 5.92 Å². The third kappa shape index (κ3) is 4.22. The molecule has 6 nitrogen and oxygen atoms in total. The van der Waals surface area contributed by atoms with Crippen molar-refractivity contribution >= 4 is 29.1 Å². The molecule has 0 spiro atoms. The van der Waals surface area contributed by atoms with E-state index in [1.165, 1.54) is 12.1 Å². The minimum Gasteiger partial charge on any atom is -0.360 e. The lowest BCUT2D eigenvalue weighted by Gasteiger charge is -2.38. The number of hydrogen-bond donors (Lipinski definition) is 2. The van der Waals surface area contributed by atoms with Gasteiger partial charge in [-0.15, -0.1) is 0 Å². The number of halogens is 1. The van der Waals surface area contributed by atoms with Gasteiger partial charge in [0.05, 0.1) is 11.6 Å². The summed E-state index contributed by atoms with van der Waals surface area (Å²) in [7, 11) is 0. The zero-order valence-corrected chi connectivity index (χ0v) is 17.1. The average molecular weight is 402 g/mol. The van der Waals surface area contributed by atoms with Crippen LogP contribution in [0.2, 0.25) is 0 Å².